The molecule has 2 aliphatic rings. The van der Waals surface area contributed by atoms with E-state index >= 15 is 0 Å². The monoisotopic (exact) mass is 349 g/mol. The standard InChI is InChI=1S/C18H31N5O2/c1-3-25-12-8-17(24)23-11-6-7-15(13-23)18-20-19-16(21(18)2)14-22-9-4-5-10-22/h15H,3-14H2,1-2H3/t15-/m1/s1. The zero-order chi connectivity index (χ0) is 17.6. The Labute approximate surface area is 150 Å². The van der Waals surface area contributed by atoms with Crippen LogP contribution in [0.5, 0.6) is 0 Å². The summed E-state index contributed by atoms with van der Waals surface area (Å²) >= 11 is 0. The Morgan fingerprint density at radius 3 is 2.76 bits per heavy atom. The van der Waals surface area contributed by atoms with Gasteiger partial charge in [0.2, 0.25) is 5.91 Å². The van der Waals surface area contributed by atoms with Gasteiger partial charge in [-0.15, -0.1) is 10.2 Å². The number of piperidine rings is 1. The highest BCUT2D eigenvalue weighted by molar-refractivity contribution is 5.76. The predicted octanol–water partition coefficient (Wildman–Crippen LogP) is 1.54. The molecule has 7 heteroatoms. The lowest BCUT2D eigenvalue weighted by Crippen LogP contribution is -2.40. The Hall–Kier alpha value is -1.47. The maximum atomic E-state index is 12.4. The second kappa shape index (κ2) is 8.76. The highest BCUT2D eigenvalue weighted by Gasteiger charge is 2.28. The molecule has 0 unspecified atom stereocenters. The highest BCUT2D eigenvalue weighted by Crippen LogP contribution is 2.26. The average molecular weight is 349 g/mol. The molecular formula is C18H31N5O2. The lowest BCUT2D eigenvalue weighted by molar-refractivity contribution is -0.133. The predicted molar refractivity (Wildman–Crippen MR) is 95.2 cm³/mol. The van der Waals surface area contributed by atoms with Gasteiger partial charge in [-0.25, -0.2) is 0 Å². The van der Waals surface area contributed by atoms with Crippen molar-refractivity contribution >= 4 is 5.91 Å². The van der Waals surface area contributed by atoms with Gasteiger partial charge in [-0.2, -0.15) is 0 Å². The summed E-state index contributed by atoms with van der Waals surface area (Å²) in [4.78, 5) is 16.8. The van der Waals surface area contributed by atoms with Crippen molar-refractivity contribution in [3.05, 3.63) is 11.6 Å². The minimum Gasteiger partial charge on any atom is -0.381 e. The molecule has 140 valence electrons. The van der Waals surface area contributed by atoms with Crippen LogP contribution in [0.2, 0.25) is 0 Å². The zero-order valence-corrected chi connectivity index (χ0v) is 15.6. The molecule has 7 nitrogen and oxygen atoms in total. The summed E-state index contributed by atoms with van der Waals surface area (Å²) in [6, 6.07) is 0. The molecule has 0 aromatic carbocycles. The number of likely N-dealkylation sites (tertiary alicyclic amines) is 2. The van der Waals surface area contributed by atoms with Crippen LogP contribution in [0.15, 0.2) is 0 Å². The Balaban J connectivity index is 1.59. The van der Waals surface area contributed by atoms with Crippen molar-refractivity contribution in [3.8, 4) is 0 Å². The number of rotatable bonds is 7. The van der Waals surface area contributed by atoms with Crippen LogP contribution in [0.3, 0.4) is 0 Å². The molecule has 0 bridgehead atoms. The molecule has 1 aromatic rings. The number of carbonyl (C=O) groups excluding carboxylic acids is 1. The molecule has 0 N–H and O–H groups in total. The van der Waals surface area contributed by atoms with Crippen LogP contribution < -0.4 is 0 Å². The van der Waals surface area contributed by atoms with E-state index in [1.807, 2.05) is 11.8 Å². The normalized spacial score (nSPS) is 21.8. The van der Waals surface area contributed by atoms with E-state index in [2.05, 4.69) is 26.7 Å². The maximum absolute atomic E-state index is 12.4. The highest BCUT2D eigenvalue weighted by atomic mass is 16.5. The quantitative estimate of drug-likeness (QED) is 0.699. The van der Waals surface area contributed by atoms with Crippen LogP contribution in [0.4, 0.5) is 0 Å². The second-order valence-electron chi connectivity index (χ2n) is 7.14. The van der Waals surface area contributed by atoms with Crippen LogP contribution in [-0.2, 0) is 23.1 Å². The fourth-order valence-corrected chi connectivity index (χ4v) is 3.89. The summed E-state index contributed by atoms with van der Waals surface area (Å²) in [5.41, 5.74) is 0. The molecule has 1 amide bonds. The molecule has 2 saturated heterocycles. The van der Waals surface area contributed by atoms with Gasteiger partial charge in [0, 0.05) is 32.7 Å². The van der Waals surface area contributed by atoms with Gasteiger partial charge >= 0.3 is 0 Å². The van der Waals surface area contributed by atoms with Crippen LogP contribution in [0.25, 0.3) is 0 Å². The maximum Gasteiger partial charge on any atom is 0.224 e. The molecule has 1 aromatic heterocycles. The fourth-order valence-electron chi connectivity index (χ4n) is 3.89. The molecule has 0 saturated carbocycles. The Kier molecular flexibility index (Phi) is 6.42. The van der Waals surface area contributed by atoms with Gasteiger partial charge in [-0.1, -0.05) is 0 Å². The number of ether oxygens (including phenoxy) is 1. The first kappa shape index (κ1) is 18.3. The van der Waals surface area contributed by atoms with E-state index in [1.54, 1.807) is 0 Å². The Morgan fingerprint density at radius 1 is 1.20 bits per heavy atom. The summed E-state index contributed by atoms with van der Waals surface area (Å²) in [6.45, 7) is 7.93. The third-order valence-corrected chi connectivity index (χ3v) is 5.37. The van der Waals surface area contributed by atoms with Gasteiger partial charge in [0.25, 0.3) is 0 Å². The summed E-state index contributed by atoms with van der Waals surface area (Å²) in [5.74, 6) is 2.54. The first-order valence-corrected chi connectivity index (χ1v) is 9.65. The zero-order valence-electron chi connectivity index (χ0n) is 15.6. The topological polar surface area (TPSA) is 63.5 Å². The third kappa shape index (κ3) is 4.58. The molecule has 0 aliphatic carbocycles. The van der Waals surface area contributed by atoms with Crippen molar-refractivity contribution in [2.45, 2.75) is 51.5 Å². The molecule has 0 radical (unpaired) electrons. The van der Waals surface area contributed by atoms with E-state index in [0.29, 0.717) is 19.6 Å². The smallest absolute Gasteiger partial charge is 0.224 e. The second-order valence-corrected chi connectivity index (χ2v) is 7.14. The van der Waals surface area contributed by atoms with E-state index in [-0.39, 0.29) is 11.8 Å². The first-order valence-electron chi connectivity index (χ1n) is 9.65. The van der Waals surface area contributed by atoms with Gasteiger partial charge in [-0.05, 0) is 45.7 Å². The van der Waals surface area contributed by atoms with Crippen LogP contribution in [-0.4, -0.2) is 69.9 Å². The van der Waals surface area contributed by atoms with Crippen molar-refractivity contribution in [3.63, 3.8) is 0 Å². The SMILES string of the molecule is CCOCCC(=O)N1CCC[C@@H](c2nnc(CN3CCCC3)n2C)C1. The molecule has 2 aliphatic heterocycles. The number of nitrogens with zero attached hydrogens (tertiary/aromatic N) is 5. The molecule has 25 heavy (non-hydrogen) atoms. The lowest BCUT2D eigenvalue weighted by atomic mass is 9.97. The number of carbonyl (C=O) groups is 1. The Morgan fingerprint density at radius 2 is 2.00 bits per heavy atom. The number of aromatic nitrogens is 3. The molecule has 1 atom stereocenters. The number of amides is 1. The van der Waals surface area contributed by atoms with Crippen LogP contribution in [0.1, 0.15) is 56.6 Å². The summed E-state index contributed by atoms with van der Waals surface area (Å²) in [7, 11) is 2.07. The fraction of sp³-hybridized carbons (Fsp3) is 0.833. The van der Waals surface area contributed by atoms with E-state index < -0.39 is 0 Å². The van der Waals surface area contributed by atoms with Crippen molar-refractivity contribution in [1.29, 1.82) is 0 Å². The summed E-state index contributed by atoms with van der Waals surface area (Å²) in [6.07, 6.45) is 5.14. The van der Waals surface area contributed by atoms with Crippen molar-refractivity contribution < 1.29 is 9.53 Å². The summed E-state index contributed by atoms with van der Waals surface area (Å²) in [5, 5.41) is 8.91. The van der Waals surface area contributed by atoms with Crippen molar-refractivity contribution in [2.75, 3.05) is 39.4 Å². The largest absolute Gasteiger partial charge is 0.381 e. The van der Waals surface area contributed by atoms with E-state index in [4.69, 9.17) is 4.74 Å². The molecule has 0 spiro atoms. The van der Waals surface area contributed by atoms with Gasteiger partial charge in [0.05, 0.1) is 19.6 Å². The third-order valence-electron chi connectivity index (χ3n) is 5.37. The van der Waals surface area contributed by atoms with E-state index in [9.17, 15) is 4.79 Å². The number of hydrogen-bond acceptors (Lipinski definition) is 5. The van der Waals surface area contributed by atoms with Crippen molar-refractivity contribution in [2.24, 2.45) is 7.05 Å². The van der Waals surface area contributed by atoms with Gasteiger partial charge < -0.3 is 14.2 Å². The average Bonchev–Trinajstić information content (AvgIpc) is 3.26. The van der Waals surface area contributed by atoms with Gasteiger partial charge in [0.1, 0.15) is 11.6 Å². The van der Waals surface area contributed by atoms with E-state index in [1.165, 1.54) is 12.8 Å². The minimum atomic E-state index is 0.192. The van der Waals surface area contributed by atoms with E-state index in [0.717, 1.165) is 57.2 Å². The van der Waals surface area contributed by atoms with Crippen LogP contribution >= 0.6 is 0 Å². The summed E-state index contributed by atoms with van der Waals surface area (Å²) < 4.78 is 7.46. The number of hydrogen-bond donors (Lipinski definition) is 0. The molecule has 3 rings (SSSR count). The van der Waals surface area contributed by atoms with Crippen molar-refractivity contribution in [1.82, 2.24) is 24.6 Å². The lowest BCUT2D eigenvalue weighted by Gasteiger charge is -2.32. The molecular weight excluding hydrogens is 318 g/mol. The Bertz CT molecular complexity index is 568. The minimum absolute atomic E-state index is 0.192. The first-order chi connectivity index (χ1) is 12.2. The van der Waals surface area contributed by atoms with Gasteiger partial charge in [-0.3, -0.25) is 9.69 Å². The molecule has 2 fully saturated rings. The molecule has 3 heterocycles. The van der Waals surface area contributed by atoms with Gasteiger partial charge in [0.15, 0.2) is 0 Å². The van der Waals surface area contributed by atoms with Crippen LogP contribution in [0, 0.1) is 0 Å².